The van der Waals surface area contributed by atoms with Crippen LogP contribution in [0.15, 0.2) is 36.5 Å². The van der Waals surface area contributed by atoms with Gasteiger partial charge in [-0.15, -0.1) is 0 Å². The number of fused-ring (bicyclic) bond motifs is 1. The van der Waals surface area contributed by atoms with Crippen molar-refractivity contribution in [1.29, 1.82) is 0 Å². The smallest absolute Gasteiger partial charge is 0.246 e. The first-order chi connectivity index (χ1) is 12.2. The quantitative estimate of drug-likeness (QED) is 0.807. The number of aryl methyl sites for hydroxylation is 1. The summed E-state index contributed by atoms with van der Waals surface area (Å²) in [6, 6.07) is 7.72. The van der Waals surface area contributed by atoms with Gasteiger partial charge < -0.3 is 14.4 Å². The molecule has 1 unspecified atom stereocenters. The van der Waals surface area contributed by atoms with Gasteiger partial charge in [-0.05, 0) is 42.7 Å². The van der Waals surface area contributed by atoms with E-state index < -0.39 is 0 Å². The number of hydrogen-bond donors (Lipinski definition) is 0. The van der Waals surface area contributed by atoms with Crippen LogP contribution in [0, 0.1) is 0 Å². The van der Waals surface area contributed by atoms with Crippen molar-refractivity contribution in [1.82, 2.24) is 14.7 Å². The Kier molecular flexibility index (Phi) is 4.17. The molecule has 1 amide bonds. The molecule has 3 heterocycles. The number of aromatic nitrogens is 2. The molecule has 4 rings (SSSR count). The van der Waals surface area contributed by atoms with E-state index in [0.717, 1.165) is 48.7 Å². The van der Waals surface area contributed by atoms with Gasteiger partial charge in [0.05, 0.1) is 5.69 Å². The maximum absolute atomic E-state index is 12.5. The highest BCUT2D eigenvalue weighted by atomic mass is 16.7. The van der Waals surface area contributed by atoms with Crippen molar-refractivity contribution in [2.75, 3.05) is 19.9 Å². The molecule has 2 aliphatic heterocycles. The highest BCUT2D eigenvalue weighted by Crippen LogP contribution is 2.33. The van der Waals surface area contributed by atoms with Gasteiger partial charge in [0, 0.05) is 38.3 Å². The molecule has 130 valence electrons. The summed E-state index contributed by atoms with van der Waals surface area (Å²) in [5, 5.41) is 4.49. The summed E-state index contributed by atoms with van der Waals surface area (Å²) in [6.07, 6.45) is 7.50. The third kappa shape index (κ3) is 3.38. The number of hydrogen-bond acceptors (Lipinski definition) is 4. The highest BCUT2D eigenvalue weighted by Gasteiger charge is 2.25. The molecular weight excluding hydrogens is 318 g/mol. The van der Waals surface area contributed by atoms with E-state index in [0.29, 0.717) is 5.92 Å². The van der Waals surface area contributed by atoms with Crippen LogP contribution in [0.2, 0.25) is 0 Å². The van der Waals surface area contributed by atoms with Crippen LogP contribution < -0.4 is 9.47 Å². The van der Waals surface area contributed by atoms with Crippen molar-refractivity contribution in [3.05, 3.63) is 47.8 Å². The summed E-state index contributed by atoms with van der Waals surface area (Å²) in [5.74, 6) is 1.83. The minimum atomic E-state index is 0.0401. The zero-order chi connectivity index (χ0) is 17.2. The molecule has 2 aromatic rings. The van der Waals surface area contributed by atoms with Crippen LogP contribution in [0.1, 0.15) is 30.0 Å². The van der Waals surface area contributed by atoms with Crippen LogP contribution >= 0.6 is 0 Å². The second-order valence-corrected chi connectivity index (χ2v) is 6.48. The van der Waals surface area contributed by atoms with Gasteiger partial charge in [0.25, 0.3) is 0 Å². The lowest BCUT2D eigenvalue weighted by atomic mass is 9.95. The molecule has 0 N–H and O–H groups in total. The number of amides is 1. The highest BCUT2D eigenvalue weighted by molar-refractivity contribution is 5.92. The normalized spacial score (nSPS) is 19.6. The van der Waals surface area contributed by atoms with E-state index in [9.17, 15) is 4.79 Å². The molecule has 1 aromatic heterocycles. The Morgan fingerprint density at radius 2 is 2.16 bits per heavy atom. The predicted octanol–water partition coefficient (Wildman–Crippen LogP) is 2.57. The first kappa shape index (κ1) is 15.7. The Labute approximate surface area is 146 Å². The van der Waals surface area contributed by atoms with E-state index in [4.69, 9.17) is 9.47 Å². The molecule has 25 heavy (non-hydrogen) atoms. The Morgan fingerprint density at radius 1 is 1.28 bits per heavy atom. The van der Waals surface area contributed by atoms with Gasteiger partial charge in [0.2, 0.25) is 12.7 Å². The van der Waals surface area contributed by atoms with Gasteiger partial charge in [0.15, 0.2) is 11.5 Å². The summed E-state index contributed by atoms with van der Waals surface area (Å²) in [4.78, 5) is 14.5. The zero-order valence-corrected chi connectivity index (χ0v) is 14.2. The number of carbonyl (C=O) groups is 1. The van der Waals surface area contributed by atoms with Crippen LogP contribution in [0.3, 0.4) is 0 Å². The van der Waals surface area contributed by atoms with Gasteiger partial charge in [-0.25, -0.2) is 0 Å². The second kappa shape index (κ2) is 6.63. The van der Waals surface area contributed by atoms with Crippen molar-refractivity contribution in [3.63, 3.8) is 0 Å². The maximum atomic E-state index is 12.5. The number of likely N-dealkylation sites (tertiary alicyclic amines) is 1. The Morgan fingerprint density at radius 3 is 3.00 bits per heavy atom. The minimum absolute atomic E-state index is 0.0401. The average molecular weight is 339 g/mol. The lowest BCUT2D eigenvalue weighted by molar-refractivity contribution is -0.127. The van der Waals surface area contributed by atoms with Crippen LogP contribution in [0.4, 0.5) is 0 Å². The SMILES string of the molecule is Cn1ccc(C2CCCN(C(=O)C=Cc3ccc4c(c3)OCO4)C2)n1. The van der Waals surface area contributed by atoms with Crippen LogP contribution in [-0.4, -0.2) is 40.5 Å². The van der Waals surface area contributed by atoms with Gasteiger partial charge in [-0.3, -0.25) is 9.48 Å². The molecule has 0 saturated carbocycles. The molecular formula is C19H21N3O3. The summed E-state index contributed by atoms with van der Waals surface area (Å²) < 4.78 is 12.5. The number of benzene rings is 1. The topological polar surface area (TPSA) is 56.6 Å². The van der Waals surface area contributed by atoms with E-state index in [-0.39, 0.29) is 12.7 Å². The molecule has 0 radical (unpaired) electrons. The van der Waals surface area contributed by atoms with E-state index in [1.165, 1.54) is 0 Å². The summed E-state index contributed by atoms with van der Waals surface area (Å²) in [7, 11) is 1.92. The van der Waals surface area contributed by atoms with E-state index in [2.05, 4.69) is 5.10 Å². The summed E-state index contributed by atoms with van der Waals surface area (Å²) in [5.41, 5.74) is 2.00. The monoisotopic (exact) mass is 339 g/mol. The Hall–Kier alpha value is -2.76. The molecule has 1 atom stereocenters. The standard InChI is InChI=1S/C19H21N3O3/c1-21-10-8-16(20-21)15-3-2-9-22(12-15)19(23)7-5-14-4-6-17-18(11-14)25-13-24-17/h4-8,10-11,15H,2-3,9,12-13H2,1H3. The second-order valence-electron chi connectivity index (χ2n) is 6.48. The molecule has 1 aromatic carbocycles. The lowest BCUT2D eigenvalue weighted by Gasteiger charge is -2.31. The first-order valence-electron chi connectivity index (χ1n) is 8.55. The van der Waals surface area contributed by atoms with E-state index >= 15 is 0 Å². The average Bonchev–Trinajstić information content (AvgIpc) is 3.28. The van der Waals surface area contributed by atoms with Crippen molar-refractivity contribution < 1.29 is 14.3 Å². The fraction of sp³-hybridized carbons (Fsp3) is 0.368. The van der Waals surface area contributed by atoms with Crippen molar-refractivity contribution >= 4 is 12.0 Å². The largest absolute Gasteiger partial charge is 0.454 e. The molecule has 6 heteroatoms. The number of rotatable bonds is 3. The third-order valence-electron chi connectivity index (χ3n) is 4.70. The van der Waals surface area contributed by atoms with Crippen molar-refractivity contribution in [3.8, 4) is 11.5 Å². The third-order valence-corrected chi connectivity index (χ3v) is 4.70. The summed E-state index contributed by atoms with van der Waals surface area (Å²) >= 11 is 0. The fourth-order valence-corrected chi connectivity index (χ4v) is 3.36. The van der Waals surface area contributed by atoms with E-state index in [1.807, 2.05) is 53.2 Å². The molecule has 1 fully saturated rings. The molecule has 0 bridgehead atoms. The molecule has 2 aliphatic rings. The Balaban J connectivity index is 1.42. The van der Waals surface area contributed by atoms with Gasteiger partial charge in [0.1, 0.15) is 0 Å². The van der Waals surface area contributed by atoms with Crippen LogP contribution in [-0.2, 0) is 11.8 Å². The Bertz CT molecular complexity index is 812. The maximum Gasteiger partial charge on any atom is 0.246 e. The molecule has 1 saturated heterocycles. The lowest BCUT2D eigenvalue weighted by Crippen LogP contribution is -2.38. The van der Waals surface area contributed by atoms with Gasteiger partial charge >= 0.3 is 0 Å². The fourth-order valence-electron chi connectivity index (χ4n) is 3.36. The first-order valence-corrected chi connectivity index (χ1v) is 8.55. The number of nitrogens with zero attached hydrogens (tertiary/aromatic N) is 3. The van der Waals surface area contributed by atoms with Gasteiger partial charge in [-0.1, -0.05) is 6.07 Å². The number of ether oxygens (including phenoxy) is 2. The molecule has 6 nitrogen and oxygen atoms in total. The van der Waals surface area contributed by atoms with Crippen molar-refractivity contribution in [2.45, 2.75) is 18.8 Å². The van der Waals surface area contributed by atoms with E-state index in [1.54, 1.807) is 6.08 Å². The predicted molar refractivity (Wildman–Crippen MR) is 93.4 cm³/mol. The zero-order valence-electron chi connectivity index (χ0n) is 14.2. The van der Waals surface area contributed by atoms with Crippen LogP contribution in [0.25, 0.3) is 6.08 Å². The molecule has 0 aliphatic carbocycles. The number of piperidine rings is 1. The number of carbonyl (C=O) groups excluding carboxylic acids is 1. The molecule has 0 spiro atoms. The summed E-state index contributed by atoms with van der Waals surface area (Å²) in [6.45, 7) is 1.78. The van der Waals surface area contributed by atoms with Gasteiger partial charge in [-0.2, -0.15) is 5.10 Å². The van der Waals surface area contributed by atoms with Crippen LogP contribution in [0.5, 0.6) is 11.5 Å². The minimum Gasteiger partial charge on any atom is -0.454 e. The van der Waals surface area contributed by atoms with Crippen molar-refractivity contribution in [2.24, 2.45) is 7.05 Å².